The molecule has 3 aromatic carbocycles. The number of hydrogen-bond donors (Lipinski definition) is 4. The van der Waals surface area contributed by atoms with Gasteiger partial charge in [0.25, 0.3) is 17.4 Å². The van der Waals surface area contributed by atoms with Crippen LogP contribution in [0.2, 0.25) is 0 Å². The van der Waals surface area contributed by atoms with Crippen molar-refractivity contribution in [3.05, 3.63) is 123 Å². The van der Waals surface area contributed by atoms with Crippen molar-refractivity contribution in [2.24, 2.45) is 0 Å². The number of carbonyl (C=O) groups excluding carboxylic acids is 4. The van der Waals surface area contributed by atoms with Crippen LogP contribution in [0.25, 0.3) is 21.9 Å². The Morgan fingerprint density at radius 2 is 1.59 bits per heavy atom. The number of benzene rings is 3. The first kappa shape index (κ1) is 44.0. The van der Waals surface area contributed by atoms with Crippen LogP contribution in [0.5, 0.6) is 0 Å². The van der Waals surface area contributed by atoms with E-state index in [2.05, 4.69) is 38.1 Å². The maximum atomic E-state index is 14.9. The third kappa shape index (κ3) is 11.8. The molecule has 0 unspecified atom stereocenters. The minimum Gasteiger partial charge on any atom is -0.444 e. The topological polar surface area (TPSA) is 188 Å². The van der Waals surface area contributed by atoms with Crippen LogP contribution in [0.4, 0.5) is 14.9 Å². The fourth-order valence-corrected chi connectivity index (χ4v) is 6.83. The van der Waals surface area contributed by atoms with Crippen LogP contribution < -0.4 is 21.5 Å². The van der Waals surface area contributed by atoms with Crippen LogP contribution in [-0.2, 0) is 27.1 Å². The van der Waals surface area contributed by atoms with Crippen LogP contribution in [0.3, 0.4) is 0 Å². The molecule has 1 aliphatic heterocycles. The average Bonchev–Trinajstić information content (AvgIpc) is 3.25. The van der Waals surface area contributed by atoms with Gasteiger partial charge in [-0.25, -0.2) is 19.3 Å². The van der Waals surface area contributed by atoms with Gasteiger partial charge in [-0.15, -0.1) is 0 Å². The molecule has 3 heterocycles. The Bertz CT molecular complexity index is 2440. The zero-order valence-electron chi connectivity index (χ0n) is 34.8. The number of aryl methyl sites for hydroxylation is 1. The summed E-state index contributed by atoms with van der Waals surface area (Å²) < 4.78 is 26.0. The maximum Gasteiger partial charge on any atom is 0.412 e. The molecule has 0 atom stereocenters. The lowest BCUT2D eigenvalue weighted by Crippen LogP contribution is -2.52. The second-order valence-corrected chi connectivity index (χ2v) is 15.6. The van der Waals surface area contributed by atoms with Gasteiger partial charge in [-0.1, -0.05) is 55.5 Å². The third-order valence-corrected chi connectivity index (χ3v) is 9.97. The van der Waals surface area contributed by atoms with Crippen molar-refractivity contribution in [1.82, 2.24) is 35.6 Å². The predicted molar refractivity (Wildman–Crippen MR) is 229 cm³/mol. The summed E-state index contributed by atoms with van der Waals surface area (Å²) in [5, 5.41) is 16.4. The number of amides is 4. The quantitative estimate of drug-likeness (QED) is 0.105. The van der Waals surface area contributed by atoms with Crippen molar-refractivity contribution >= 4 is 40.3 Å². The van der Waals surface area contributed by atoms with Gasteiger partial charge >= 0.3 is 6.09 Å². The molecule has 5 aromatic rings. The Morgan fingerprint density at radius 1 is 0.852 bits per heavy atom. The zero-order chi connectivity index (χ0) is 43.5. The SMILES string of the molecule is CCc1cccc(-c2cnc(C(=O)NCCOCCNCC(=O)N3CCN(C(=O)c4cc(Cc5n[nH]c(=O)c6ccccc56)ccc4F)CC3)c(NC(=O)OC(C)(C)C)c2)c1. The van der Waals surface area contributed by atoms with E-state index in [0.717, 1.165) is 23.1 Å². The van der Waals surface area contributed by atoms with Crippen molar-refractivity contribution in [3.8, 4) is 11.1 Å². The van der Waals surface area contributed by atoms with Crippen molar-refractivity contribution in [3.63, 3.8) is 0 Å². The number of carbonyl (C=O) groups is 4. The first-order valence-corrected chi connectivity index (χ1v) is 20.3. The Balaban J connectivity index is 0.913. The molecule has 1 aliphatic rings. The van der Waals surface area contributed by atoms with Crippen molar-refractivity contribution in [2.75, 3.05) is 64.3 Å². The molecule has 0 spiro atoms. The lowest BCUT2D eigenvalue weighted by molar-refractivity contribution is -0.131. The van der Waals surface area contributed by atoms with Gasteiger partial charge in [0, 0.05) is 62.8 Å². The summed E-state index contributed by atoms with van der Waals surface area (Å²) in [7, 11) is 0. The molecular weight excluding hydrogens is 784 g/mol. The molecule has 0 radical (unpaired) electrons. The van der Waals surface area contributed by atoms with Crippen LogP contribution in [0.15, 0.2) is 83.8 Å². The van der Waals surface area contributed by atoms with Crippen molar-refractivity contribution in [1.29, 1.82) is 0 Å². The van der Waals surface area contributed by atoms with Gasteiger partial charge in [0.2, 0.25) is 5.91 Å². The zero-order valence-corrected chi connectivity index (χ0v) is 34.8. The molecule has 6 rings (SSSR count). The lowest BCUT2D eigenvalue weighted by Gasteiger charge is -2.35. The number of fused-ring (bicyclic) bond motifs is 1. The fourth-order valence-electron chi connectivity index (χ4n) is 6.83. The van der Waals surface area contributed by atoms with E-state index in [1.165, 1.54) is 17.0 Å². The maximum absolute atomic E-state index is 14.9. The second-order valence-electron chi connectivity index (χ2n) is 15.6. The predicted octanol–water partition coefficient (Wildman–Crippen LogP) is 4.95. The van der Waals surface area contributed by atoms with E-state index >= 15 is 0 Å². The molecular formula is C45H51FN8O7. The number of hydrogen-bond acceptors (Lipinski definition) is 10. The molecule has 1 fully saturated rings. The van der Waals surface area contributed by atoms with E-state index in [1.807, 2.05) is 30.3 Å². The molecule has 15 nitrogen and oxygen atoms in total. The number of aromatic nitrogens is 3. The second kappa shape index (κ2) is 20.2. The summed E-state index contributed by atoms with van der Waals surface area (Å²) >= 11 is 0. The number of rotatable bonds is 15. The Labute approximate surface area is 353 Å². The van der Waals surface area contributed by atoms with Crippen LogP contribution >= 0.6 is 0 Å². The summed E-state index contributed by atoms with van der Waals surface area (Å²) in [6.07, 6.45) is 2.02. The summed E-state index contributed by atoms with van der Waals surface area (Å²) in [6.45, 7) is 9.50. The molecule has 0 bridgehead atoms. The van der Waals surface area contributed by atoms with Crippen LogP contribution in [0.1, 0.15) is 65.4 Å². The smallest absolute Gasteiger partial charge is 0.412 e. The third-order valence-electron chi connectivity index (χ3n) is 9.97. The fraction of sp³-hybridized carbons (Fsp3) is 0.356. The van der Waals surface area contributed by atoms with E-state index in [1.54, 1.807) is 62.2 Å². The minimum atomic E-state index is -0.743. The molecule has 4 N–H and O–H groups in total. The average molecular weight is 835 g/mol. The molecule has 0 saturated carbocycles. The van der Waals surface area contributed by atoms with Gasteiger partial charge in [-0.05, 0) is 68.1 Å². The minimum absolute atomic E-state index is 0.0268. The number of pyridine rings is 1. The first-order valence-electron chi connectivity index (χ1n) is 20.3. The van der Waals surface area contributed by atoms with E-state index < -0.39 is 29.3 Å². The Kier molecular flexibility index (Phi) is 14.6. The summed E-state index contributed by atoms with van der Waals surface area (Å²) in [5.41, 5.74) is 3.16. The highest BCUT2D eigenvalue weighted by Crippen LogP contribution is 2.26. The molecule has 0 aliphatic carbocycles. The molecule has 4 amide bonds. The summed E-state index contributed by atoms with van der Waals surface area (Å²) in [5.74, 6) is -1.74. The summed E-state index contributed by atoms with van der Waals surface area (Å²) in [4.78, 5) is 72.0. The number of piperazine rings is 1. The monoisotopic (exact) mass is 834 g/mol. The lowest BCUT2D eigenvalue weighted by atomic mass is 10.0. The Morgan fingerprint density at radius 3 is 2.34 bits per heavy atom. The van der Waals surface area contributed by atoms with Crippen molar-refractivity contribution in [2.45, 2.75) is 46.1 Å². The number of halogens is 1. The number of nitrogens with zero attached hydrogens (tertiary/aromatic N) is 4. The molecule has 61 heavy (non-hydrogen) atoms. The van der Waals surface area contributed by atoms with Gasteiger partial charge in [0.05, 0.1) is 42.1 Å². The van der Waals surface area contributed by atoms with Gasteiger partial charge in [-0.3, -0.25) is 24.5 Å². The largest absolute Gasteiger partial charge is 0.444 e. The van der Waals surface area contributed by atoms with Gasteiger partial charge < -0.3 is 29.9 Å². The molecule has 1 saturated heterocycles. The number of aromatic amines is 1. The Hall–Kier alpha value is -6.52. The van der Waals surface area contributed by atoms with Crippen LogP contribution in [0, 0.1) is 5.82 Å². The summed E-state index contributed by atoms with van der Waals surface area (Å²) in [6, 6.07) is 21.1. The van der Waals surface area contributed by atoms with Gasteiger partial charge in [0.15, 0.2) is 5.69 Å². The van der Waals surface area contributed by atoms with E-state index in [-0.39, 0.29) is 74.2 Å². The van der Waals surface area contributed by atoms with E-state index in [0.29, 0.717) is 41.7 Å². The highest BCUT2D eigenvalue weighted by atomic mass is 19.1. The first-order chi connectivity index (χ1) is 29.3. The van der Waals surface area contributed by atoms with Crippen LogP contribution in [-0.4, -0.2) is 113 Å². The highest BCUT2D eigenvalue weighted by molar-refractivity contribution is 6.02. The highest BCUT2D eigenvalue weighted by Gasteiger charge is 2.27. The van der Waals surface area contributed by atoms with Gasteiger partial charge in [0.1, 0.15) is 11.4 Å². The standard InChI is InChI=1S/C45H51FN8O7/c1-5-29-9-8-10-31(23-29)32-26-38(50-44(59)61-45(2,3)4)40(49-27-32)42(57)48-16-22-60-21-15-47-28-39(55)53-17-19-54(20-18-53)43(58)35-24-30(13-14-36(35)46)25-37-33-11-6-7-12-34(33)41(56)52-51-37/h6-14,23-24,26-27,47H,5,15-22,25,28H2,1-4H3,(H,48,57)(H,50,59)(H,52,56). The normalized spacial score (nSPS) is 12.9. The number of nitrogens with one attached hydrogen (secondary N) is 4. The number of anilines is 1. The molecule has 16 heteroatoms. The van der Waals surface area contributed by atoms with Crippen molar-refractivity contribution < 1.29 is 33.0 Å². The van der Waals surface area contributed by atoms with Gasteiger partial charge in [-0.2, -0.15) is 5.10 Å². The number of H-pyrrole nitrogens is 1. The number of ether oxygens (including phenoxy) is 2. The van der Waals surface area contributed by atoms with E-state index in [4.69, 9.17) is 9.47 Å². The molecule has 320 valence electrons. The van der Waals surface area contributed by atoms with E-state index in [9.17, 15) is 28.4 Å². The molecule has 2 aromatic heterocycles.